The van der Waals surface area contributed by atoms with Crippen LogP contribution in [-0.2, 0) is 6.54 Å². The first kappa shape index (κ1) is 13.8. The van der Waals surface area contributed by atoms with Crippen LogP contribution in [0.3, 0.4) is 0 Å². The zero-order valence-corrected chi connectivity index (χ0v) is 9.06. The van der Waals surface area contributed by atoms with Crippen LogP contribution in [0, 0.1) is 5.82 Å². The number of rotatable bonds is 5. The highest BCUT2D eigenvalue weighted by atomic mass is 19.4. The van der Waals surface area contributed by atoms with Crippen molar-refractivity contribution in [2.24, 2.45) is 5.73 Å². The van der Waals surface area contributed by atoms with Gasteiger partial charge in [-0.05, 0) is 12.5 Å². The Morgan fingerprint density at radius 3 is 2.53 bits per heavy atom. The van der Waals surface area contributed by atoms with E-state index in [2.05, 4.69) is 0 Å². The fourth-order valence-corrected chi connectivity index (χ4v) is 1.32. The van der Waals surface area contributed by atoms with Gasteiger partial charge >= 0.3 is 6.18 Å². The van der Waals surface area contributed by atoms with E-state index in [1.165, 1.54) is 12.1 Å². The minimum Gasteiger partial charge on any atom is -0.490 e. The third kappa shape index (κ3) is 4.60. The SMILES string of the molecule is NCc1cccc(F)c1OCCCC(F)(F)F. The van der Waals surface area contributed by atoms with Crippen LogP contribution in [0.5, 0.6) is 5.75 Å². The number of halogens is 4. The van der Waals surface area contributed by atoms with E-state index in [0.29, 0.717) is 5.56 Å². The Kier molecular flexibility index (Phi) is 4.74. The smallest absolute Gasteiger partial charge is 0.389 e. The van der Waals surface area contributed by atoms with Gasteiger partial charge in [0.05, 0.1) is 6.61 Å². The Morgan fingerprint density at radius 1 is 1.24 bits per heavy atom. The highest BCUT2D eigenvalue weighted by molar-refractivity contribution is 5.34. The van der Waals surface area contributed by atoms with Crippen LogP contribution in [0.15, 0.2) is 18.2 Å². The maximum atomic E-state index is 13.3. The van der Waals surface area contributed by atoms with E-state index in [9.17, 15) is 17.6 Å². The van der Waals surface area contributed by atoms with Crippen LogP contribution >= 0.6 is 0 Å². The molecule has 6 heteroatoms. The number of ether oxygens (including phenoxy) is 1. The largest absolute Gasteiger partial charge is 0.490 e. The molecule has 2 N–H and O–H groups in total. The van der Waals surface area contributed by atoms with Crippen LogP contribution in [0.4, 0.5) is 17.6 Å². The molecule has 96 valence electrons. The van der Waals surface area contributed by atoms with Crippen LogP contribution in [0.2, 0.25) is 0 Å². The quantitative estimate of drug-likeness (QED) is 0.645. The molecule has 0 amide bonds. The number of hydrogen-bond acceptors (Lipinski definition) is 2. The second kappa shape index (κ2) is 5.86. The zero-order valence-electron chi connectivity index (χ0n) is 9.06. The van der Waals surface area contributed by atoms with Gasteiger partial charge < -0.3 is 10.5 Å². The molecule has 2 nitrogen and oxygen atoms in total. The van der Waals surface area contributed by atoms with E-state index < -0.39 is 18.4 Å². The second-order valence-electron chi connectivity index (χ2n) is 3.50. The van der Waals surface area contributed by atoms with Crippen molar-refractivity contribution in [2.45, 2.75) is 25.6 Å². The summed E-state index contributed by atoms with van der Waals surface area (Å²) < 4.78 is 53.9. The van der Waals surface area contributed by atoms with E-state index in [-0.39, 0.29) is 25.3 Å². The van der Waals surface area contributed by atoms with Gasteiger partial charge in [-0.2, -0.15) is 13.2 Å². The van der Waals surface area contributed by atoms with Gasteiger partial charge in [-0.15, -0.1) is 0 Å². The summed E-state index contributed by atoms with van der Waals surface area (Å²) in [6.07, 6.45) is -5.36. The molecule has 1 rings (SSSR count). The molecule has 0 aliphatic carbocycles. The van der Waals surface area contributed by atoms with Crippen LogP contribution in [0.1, 0.15) is 18.4 Å². The molecule has 0 aliphatic rings. The average Bonchev–Trinajstić information content (AvgIpc) is 2.24. The van der Waals surface area contributed by atoms with Gasteiger partial charge in [-0.1, -0.05) is 12.1 Å². The molecule has 0 radical (unpaired) electrons. The molecule has 0 saturated carbocycles. The van der Waals surface area contributed by atoms with Gasteiger partial charge in [0.25, 0.3) is 0 Å². The van der Waals surface area contributed by atoms with Gasteiger partial charge in [0.1, 0.15) is 0 Å². The zero-order chi connectivity index (χ0) is 12.9. The van der Waals surface area contributed by atoms with E-state index in [0.717, 1.165) is 0 Å². The standard InChI is InChI=1S/C11H13F4NO/c12-9-4-1-3-8(7-16)10(9)17-6-2-5-11(13,14)15/h1,3-4H,2,5-7,16H2. The van der Waals surface area contributed by atoms with E-state index in [1.54, 1.807) is 6.07 Å². The summed E-state index contributed by atoms with van der Waals surface area (Å²) in [7, 11) is 0. The Labute approximate surface area is 96.4 Å². The molecule has 0 heterocycles. The number of alkyl halides is 3. The number of hydrogen-bond donors (Lipinski definition) is 1. The van der Waals surface area contributed by atoms with Gasteiger partial charge in [0.2, 0.25) is 0 Å². The summed E-state index contributed by atoms with van der Waals surface area (Å²) >= 11 is 0. The molecule has 17 heavy (non-hydrogen) atoms. The van der Waals surface area contributed by atoms with Crippen molar-refractivity contribution >= 4 is 0 Å². The highest BCUT2D eigenvalue weighted by Crippen LogP contribution is 2.24. The second-order valence-corrected chi connectivity index (χ2v) is 3.50. The van der Waals surface area contributed by atoms with Gasteiger partial charge in [-0.3, -0.25) is 0 Å². The van der Waals surface area contributed by atoms with Crippen LogP contribution < -0.4 is 10.5 Å². The van der Waals surface area contributed by atoms with E-state index in [4.69, 9.17) is 10.5 Å². The maximum absolute atomic E-state index is 13.3. The molecular formula is C11H13F4NO. The lowest BCUT2D eigenvalue weighted by Gasteiger charge is -2.11. The van der Waals surface area contributed by atoms with Crippen molar-refractivity contribution in [3.8, 4) is 5.75 Å². The van der Waals surface area contributed by atoms with Gasteiger partial charge in [-0.25, -0.2) is 4.39 Å². The van der Waals surface area contributed by atoms with Crippen molar-refractivity contribution < 1.29 is 22.3 Å². The third-order valence-corrected chi connectivity index (χ3v) is 2.12. The summed E-state index contributed by atoms with van der Waals surface area (Å²) in [5, 5.41) is 0. The molecule has 1 aromatic rings. The van der Waals surface area contributed by atoms with Crippen molar-refractivity contribution in [3.05, 3.63) is 29.6 Å². The minimum absolute atomic E-state index is 0.0582. The molecule has 0 spiro atoms. The van der Waals surface area contributed by atoms with Crippen LogP contribution in [-0.4, -0.2) is 12.8 Å². The van der Waals surface area contributed by atoms with Crippen LogP contribution in [0.25, 0.3) is 0 Å². The molecule has 0 unspecified atom stereocenters. The summed E-state index contributed by atoms with van der Waals surface area (Å²) in [5.74, 6) is -0.669. The molecule has 0 aromatic heterocycles. The molecule has 0 atom stereocenters. The Bertz CT molecular complexity index is 365. The number of nitrogens with two attached hydrogens (primary N) is 1. The van der Waals surface area contributed by atoms with Crippen molar-refractivity contribution in [1.82, 2.24) is 0 Å². The Balaban J connectivity index is 2.52. The lowest BCUT2D eigenvalue weighted by atomic mass is 10.2. The summed E-state index contributed by atoms with van der Waals surface area (Å²) in [4.78, 5) is 0. The van der Waals surface area contributed by atoms with Gasteiger partial charge in [0.15, 0.2) is 11.6 Å². The first-order chi connectivity index (χ1) is 7.94. The Hall–Kier alpha value is -1.30. The molecular weight excluding hydrogens is 238 g/mol. The topological polar surface area (TPSA) is 35.2 Å². The average molecular weight is 251 g/mol. The first-order valence-electron chi connectivity index (χ1n) is 5.11. The molecule has 0 aliphatic heterocycles. The predicted octanol–water partition coefficient (Wildman–Crippen LogP) is 3.01. The first-order valence-corrected chi connectivity index (χ1v) is 5.11. The predicted molar refractivity (Wildman–Crippen MR) is 55.1 cm³/mol. The van der Waals surface area contributed by atoms with E-state index in [1.807, 2.05) is 0 Å². The fourth-order valence-electron chi connectivity index (χ4n) is 1.32. The monoisotopic (exact) mass is 251 g/mol. The van der Waals surface area contributed by atoms with Crippen molar-refractivity contribution in [2.75, 3.05) is 6.61 Å². The lowest BCUT2D eigenvalue weighted by molar-refractivity contribution is -0.136. The summed E-state index contributed by atoms with van der Waals surface area (Å²) in [5.41, 5.74) is 5.81. The van der Waals surface area contributed by atoms with Gasteiger partial charge in [0, 0.05) is 18.5 Å². The minimum atomic E-state index is -4.21. The van der Waals surface area contributed by atoms with E-state index >= 15 is 0 Å². The highest BCUT2D eigenvalue weighted by Gasteiger charge is 2.26. The lowest BCUT2D eigenvalue weighted by Crippen LogP contribution is -2.11. The number of para-hydroxylation sites is 1. The molecule has 1 aromatic carbocycles. The fraction of sp³-hybridized carbons (Fsp3) is 0.455. The number of benzene rings is 1. The summed E-state index contributed by atoms with van der Waals surface area (Å²) in [6.45, 7) is -0.111. The maximum Gasteiger partial charge on any atom is 0.389 e. The molecule has 0 bridgehead atoms. The third-order valence-electron chi connectivity index (χ3n) is 2.12. The Morgan fingerprint density at radius 2 is 1.94 bits per heavy atom. The van der Waals surface area contributed by atoms with Crippen molar-refractivity contribution in [3.63, 3.8) is 0 Å². The molecule has 0 fully saturated rings. The van der Waals surface area contributed by atoms with Crippen molar-refractivity contribution in [1.29, 1.82) is 0 Å². The summed E-state index contributed by atoms with van der Waals surface area (Å²) in [6, 6.07) is 4.22. The normalized spacial score (nSPS) is 11.6. The molecule has 0 saturated heterocycles.